The van der Waals surface area contributed by atoms with Crippen LogP contribution >= 0.6 is 0 Å². The van der Waals surface area contributed by atoms with Gasteiger partial charge in [0.2, 0.25) is 0 Å². The Labute approximate surface area is 155 Å². The summed E-state index contributed by atoms with van der Waals surface area (Å²) in [4.78, 5) is 16.3. The standard InChI is InChI=1S/C18H30N6O2/c1-7-24-14(16(19)22(6)21-20)9-8-12(2)13-10-23(11-15(13)24)17(25)26-18(3,4)5/h9,12,19-20H,7-8,10-11H2,1-6H3/p+1. The summed E-state index contributed by atoms with van der Waals surface area (Å²) in [5, 5.41) is 12.0. The second kappa shape index (κ2) is 7.47. The van der Waals surface area contributed by atoms with Gasteiger partial charge in [0, 0.05) is 24.0 Å². The molecule has 1 atom stereocenters. The third-order valence-electron chi connectivity index (χ3n) is 4.66. The number of ether oxygens (including phenoxy) is 1. The van der Waals surface area contributed by atoms with Crippen molar-refractivity contribution in [3.8, 4) is 0 Å². The average Bonchev–Trinajstić information content (AvgIpc) is 2.95. The number of amidine groups is 1. The SMILES string of the molecule is CCN1C(C(=N)[N+](C)=NN)=CCC(C)C2=C1CN(C(=O)OC(C)(C)C)C2. The minimum Gasteiger partial charge on any atom is -0.444 e. The van der Waals surface area contributed by atoms with E-state index in [1.54, 1.807) is 11.9 Å². The molecule has 26 heavy (non-hydrogen) atoms. The highest BCUT2D eigenvalue weighted by Crippen LogP contribution is 2.34. The Balaban J connectivity index is 2.31. The molecule has 0 aliphatic carbocycles. The second-order valence-electron chi connectivity index (χ2n) is 7.77. The van der Waals surface area contributed by atoms with Crippen LogP contribution in [0.3, 0.4) is 0 Å². The van der Waals surface area contributed by atoms with Gasteiger partial charge in [-0.05, 0) is 45.6 Å². The number of hydrogen-bond acceptors (Lipinski definition) is 5. The molecule has 0 saturated carbocycles. The second-order valence-corrected chi connectivity index (χ2v) is 7.77. The van der Waals surface area contributed by atoms with Crippen LogP contribution < -0.4 is 5.84 Å². The van der Waals surface area contributed by atoms with E-state index in [9.17, 15) is 4.79 Å². The van der Waals surface area contributed by atoms with Gasteiger partial charge >= 0.3 is 6.09 Å². The predicted octanol–water partition coefficient (Wildman–Crippen LogP) is 2.68. The molecule has 1 amide bonds. The molecule has 1 unspecified atom stereocenters. The smallest absolute Gasteiger partial charge is 0.410 e. The van der Waals surface area contributed by atoms with Crippen LogP contribution in [0.2, 0.25) is 0 Å². The summed E-state index contributed by atoms with van der Waals surface area (Å²) in [5.74, 6) is 5.87. The molecule has 0 saturated heterocycles. The van der Waals surface area contributed by atoms with Gasteiger partial charge in [-0.2, -0.15) is 5.41 Å². The molecule has 0 bridgehead atoms. The van der Waals surface area contributed by atoms with Crippen molar-refractivity contribution >= 4 is 11.9 Å². The Hall–Kier alpha value is -2.38. The molecular formula is C18H31N6O2+. The van der Waals surface area contributed by atoms with E-state index in [0.717, 1.165) is 17.8 Å². The van der Waals surface area contributed by atoms with E-state index >= 15 is 0 Å². The lowest BCUT2D eigenvalue weighted by Crippen LogP contribution is -2.38. The number of carbonyl (C=O) groups is 1. The van der Waals surface area contributed by atoms with Gasteiger partial charge in [-0.1, -0.05) is 13.0 Å². The number of allylic oxidation sites excluding steroid dienone is 1. The van der Waals surface area contributed by atoms with E-state index in [1.165, 1.54) is 10.3 Å². The zero-order valence-corrected chi connectivity index (χ0v) is 16.7. The summed E-state index contributed by atoms with van der Waals surface area (Å²) in [6, 6.07) is 0. The first-order valence-electron chi connectivity index (χ1n) is 9.00. The Morgan fingerprint density at radius 2 is 2.12 bits per heavy atom. The average molecular weight is 363 g/mol. The Kier molecular flexibility index (Phi) is 5.73. The van der Waals surface area contributed by atoms with Gasteiger partial charge < -0.3 is 9.64 Å². The lowest BCUT2D eigenvalue weighted by Gasteiger charge is -2.28. The first-order valence-corrected chi connectivity index (χ1v) is 9.00. The van der Waals surface area contributed by atoms with E-state index in [1.807, 2.05) is 27.7 Å². The fraction of sp³-hybridized carbons (Fsp3) is 0.667. The molecule has 2 aliphatic rings. The number of carbonyl (C=O) groups excluding carboxylic acids is 1. The molecule has 0 aromatic heterocycles. The number of rotatable bonds is 2. The zero-order chi connectivity index (χ0) is 19.6. The molecule has 3 N–H and O–H groups in total. The van der Waals surface area contributed by atoms with E-state index in [4.69, 9.17) is 16.0 Å². The summed E-state index contributed by atoms with van der Waals surface area (Å²) < 4.78 is 6.89. The molecule has 0 fully saturated rings. The lowest BCUT2D eigenvalue weighted by molar-refractivity contribution is -0.453. The number of hydrogen-bond donors (Lipinski definition) is 2. The zero-order valence-electron chi connectivity index (χ0n) is 16.7. The van der Waals surface area contributed by atoms with Crippen LogP contribution in [0, 0.1) is 11.3 Å². The maximum Gasteiger partial charge on any atom is 0.410 e. The number of nitrogens with one attached hydrogen (secondary N) is 1. The van der Waals surface area contributed by atoms with Crippen LogP contribution in [0.5, 0.6) is 0 Å². The Morgan fingerprint density at radius 3 is 2.65 bits per heavy atom. The number of likely N-dealkylation sites (N-methyl/N-ethyl adjacent to an activating group) is 2. The van der Waals surface area contributed by atoms with Gasteiger partial charge in [-0.25, -0.2) is 10.6 Å². The van der Waals surface area contributed by atoms with Crippen molar-refractivity contribution in [2.24, 2.45) is 17.0 Å². The predicted molar refractivity (Wildman–Crippen MR) is 99.6 cm³/mol. The fourth-order valence-corrected chi connectivity index (χ4v) is 3.29. The van der Waals surface area contributed by atoms with Gasteiger partial charge in [0.1, 0.15) is 11.3 Å². The quantitative estimate of drug-likeness (QED) is 0.197. The highest BCUT2D eigenvalue weighted by atomic mass is 16.6. The molecule has 0 radical (unpaired) electrons. The van der Waals surface area contributed by atoms with Gasteiger partial charge in [0.25, 0.3) is 5.84 Å². The Bertz CT molecular complexity index is 686. The number of nitrogens with two attached hydrogens (primary N) is 1. The van der Waals surface area contributed by atoms with Crippen molar-refractivity contribution in [2.45, 2.75) is 46.6 Å². The van der Waals surface area contributed by atoms with Gasteiger partial charge in [0.05, 0.1) is 13.6 Å². The molecule has 8 heteroatoms. The number of nitrogens with zero attached hydrogens (tertiary/aromatic N) is 4. The topological polar surface area (TPSA) is 98.0 Å². The van der Waals surface area contributed by atoms with Crippen molar-refractivity contribution in [3.63, 3.8) is 0 Å². The normalized spacial score (nSPS) is 21.4. The third-order valence-corrected chi connectivity index (χ3v) is 4.66. The first kappa shape index (κ1) is 19.9. The molecule has 2 rings (SSSR count). The summed E-state index contributed by atoms with van der Waals surface area (Å²) >= 11 is 0. The molecular weight excluding hydrogens is 332 g/mol. The van der Waals surface area contributed by atoms with Gasteiger partial charge in [-0.3, -0.25) is 4.90 Å². The van der Waals surface area contributed by atoms with Crippen molar-refractivity contribution in [2.75, 3.05) is 26.7 Å². The minimum absolute atomic E-state index is 0.242. The monoisotopic (exact) mass is 363 g/mol. The van der Waals surface area contributed by atoms with Crippen LogP contribution in [0.1, 0.15) is 41.0 Å². The number of amides is 1. The first-order chi connectivity index (χ1) is 12.1. The van der Waals surface area contributed by atoms with E-state index in [-0.39, 0.29) is 17.8 Å². The molecule has 2 heterocycles. The van der Waals surface area contributed by atoms with Crippen LogP contribution in [0.15, 0.2) is 28.3 Å². The minimum atomic E-state index is -0.522. The van der Waals surface area contributed by atoms with Crippen molar-refractivity contribution < 1.29 is 14.2 Å². The summed E-state index contributed by atoms with van der Waals surface area (Å²) in [6.07, 6.45) is 2.56. The molecule has 0 aromatic rings. The van der Waals surface area contributed by atoms with Crippen LogP contribution in [0.25, 0.3) is 0 Å². The van der Waals surface area contributed by atoms with Crippen LogP contribution in [0.4, 0.5) is 4.79 Å². The molecule has 8 nitrogen and oxygen atoms in total. The highest BCUT2D eigenvalue weighted by molar-refractivity contribution is 5.89. The van der Waals surface area contributed by atoms with Crippen LogP contribution in [-0.2, 0) is 4.74 Å². The highest BCUT2D eigenvalue weighted by Gasteiger charge is 2.37. The van der Waals surface area contributed by atoms with E-state index in [0.29, 0.717) is 19.6 Å². The van der Waals surface area contributed by atoms with Crippen LogP contribution in [-0.4, -0.2) is 58.7 Å². The Morgan fingerprint density at radius 1 is 1.46 bits per heavy atom. The van der Waals surface area contributed by atoms with E-state index < -0.39 is 5.60 Å². The van der Waals surface area contributed by atoms with Gasteiger partial charge in [0.15, 0.2) is 0 Å². The summed E-state index contributed by atoms with van der Waals surface area (Å²) in [5.41, 5.74) is 2.55. The molecule has 0 spiro atoms. The van der Waals surface area contributed by atoms with E-state index in [2.05, 4.69) is 23.1 Å². The van der Waals surface area contributed by atoms with Crippen molar-refractivity contribution in [1.29, 1.82) is 5.41 Å². The molecule has 2 aliphatic heterocycles. The summed E-state index contributed by atoms with van der Waals surface area (Å²) in [6.45, 7) is 11.5. The summed E-state index contributed by atoms with van der Waals surface area (Å²) in [7, 11) is 1.66. The third kappa shape index (κ3) is 4.05. The molecule has 0 aromatic carbocycles. The largest absolute Gasteiger partial charge is 0.444 e. The lowest BCUT2D eigenvalue weighted by atomic mass is 9.98. The van der Waals surface area contributed by atoms with Crippen molar-refractivity contribution in [3.05, 3.63) is 23.0 Å². The maximum absolute atomic E-state index is 12.5. The van der Waals surface area contributed by atoms with Crippen molar-refractivity contribution in [1.82, 2.24) is 9.80 Å². The maximum atomic E-state index is 12.5. The molecule has 144 valence electrons. The fourth-order valence-electron chi connectivity index (χ4n) is 3.29. The van der Waals surface area contributed by atoms with Gasteiger partial charge in [-0.15, -0.1) is 4.70 Å².